The molecule has 4 rings (SSSR count). The molecule has 162 valence electrons. The molecule has 0 bridgehead atoms. The quantitative estimate of drug-likeness (QED) is 0.516. The minimum Gasteiger partial charge on any atom is -0.435 e. The molecule has 1 N–H and O–H groups in total. The van der Waals surface area contributed by atoms with Crippen LogP contribution in [0.1, 0.15) is 24.8 Å². The summed E-state index contributed by atoms with van der Waals surface area (Å²) in [6.07, 6.45) is 8.46. The van der Waals surface area contributed by atoms with E-state index in [2.05, 4.69) is 37.1 Å². The molecule has 1 fully saturated rings. The molecule has 7 heteroatoms. The van der Waals surface area contributed by atoms with E-state index in [1.54, 1.807) is 24.5 Å². The van der Waals surface area contributed by atoms with E-state index in [1.165, 1.54) is 50.0 Å². The highest BCUT2D eigenvalue weighted by Gasteiger charge is 2.10. The van der Waals surface area contributed by atoms with Gasteiger partial charge in [0.15, 0.2) is 0 Å². The Hall–Kier alpha value is -3.06. The van der Waals surface area contributed by atoms with Crippen LogP contribution in [0.5, 0.6) is 5.75 Å². The van der Waals surface area contributed by atoms with Gasteiger partial charge in [-0.1, -0.05) is 30.7 Å². The first-order valence-corrected chi connectivity index (χ1v) is 10.6. The van der Waals surface area contributed by atoms with Gasteiger partial charge in [-0.2, -0.15) is 8.78 Å². The van der Waals surface area contributed by atoms with Gasteiger partial charge >= 0.3 is 6.61 Å². The summed E-state index contributed by atoms with van der Waals surface area (Å²) in [7, 11) is 0. The molecular formula is C24H26F2N4O. The van der Waals surface area contributed by atoms with E-state index in [4.69, 9.17) is 0 Å². The van der Waals surface area contributed by atoms with Gasteiger partial charge in [-0.15, -0.1) is 0 Å². The van der Waals surface area contributed by atoms with Gasteiger partial charge in [-0.25, -0.2) is 9.97 Å². The Morgan fingerprint density at radius 1 is 0.871 bits per heavy atom. The van der Waals surface area contributed by atoms with Crippen LogP contribution in [0, 0.1) is 0 Å². The molecule has 0 aliphatic carbocycles. The molecule has 0 saturated carbocycles. The smallest absolute Gasteiger partial charge is 0.387 e. The Morgan fingerprint density at radius 2 is 1.55 bits per heavy atom. The van der Waals surface area contributed by atoms with E-state index >= 15 is 0 Å². The first kappa shape index (κ1) is 21.2. The van der Waals surface area contributed by atoms with Crippen molar-refractivity contribution in [3.8, 4) is 16.9 Å². The van der Waals surface area contributed by atoms with Crippen LogP contribution < -0.4 is 10.1 Å². The summed E-state index contributed by atoms with van der Waals surface area (Å²) in [5, 5.41) is 3.21. The Bertz CT molecular complexity index is 941. The standard InChI is InChI=1S/C24H26F2N4O/c25-23(26)31-22-10-6-19(7-11-22)20-16-27-24(28-17-20)29-21-8-4-18(5-9-21)12-15-30-13-2-1-3-14-30/h4-11,16-17,23H,1-3,12-15H2,(H,27,28,29). The molecule has 1 saturated heterocycles. The van der Waals surface area contributed by atoms with Gasteiger partial charge < -0.3 is 15.0 Å². The molecule has 0 atom stereocenters. The average Bonchev–Trinajstić information content (AvgIpc) is 2.80. The van der Waals surface area contributed by atoms with E-state index in [0.29, 0.717) is 5.95 Å². The zero-order chi connectivity index (χ0) is 21.5. The van der Waals surface area contributed by atoms with Crippen molar-refractivity contribution in [2.24, 2.45) is 0 Å². The topological polar surface area (TPSA) is 50.3 Å². The number of aromatic nitrogens is 2. The molecular weight excluding hydrogens is 398 g/mol. The first-order valence-electron chi connectivity index (χ1n) is 10.6. The molecule has 31 heavy (non-hydrogen) atoms. The molecule has 0 spiro atoms. The fourth-order valence-corrected chi connectivity index (χ4v) is 3.72. The lowest BCUT2D eigenvalue weighted by molar-refractivity contribution is -0.0498. The zero-order valence-electron chi connectivity index (χ0n) is 17.3. The lowest BCUT2D eigenvalue weighted by Crippen LogP contribution is -2.31. The maximum Gasteiger partial charge on any atom is 0.387 e. The van der Waals surface area contributed by atoms with Crippen LogP contribution in [0.4, 0.5) is 20.4 Å². The van der Waals surface area contributed by atoms with Crippen LogP contribution in [0.3, 0.4) is 0 Å². The summed E-state index contributed by atoms with van der Waals surface area (Å²) in [5.41, 5.74) is 3.88. The third kappa shape index (κ3) is 6.21. The SMILES string of the molecule is FC(F)Oc1ccc(-c2cnc(Nc3ccc(CCN4CCCCC4)cc3)nc2)cc1. The molecule has 0 unspecified atom stereocenters. The predicted molar refractivity (Wildman–Crippen MR) is 118 cm³/mol. The molecule has 1 aliphatic rings. The number of likely N-dealkylation sites (tertiary alicyclic amines) is 1. The van der Waals surface area contributed by atoms with Crippen molar-refractivity contribution in [3.63, 3.8) is 0 Å². The molecule has 1 aromatic heterocycles. The maximum atomic E-state index is 12.3. The maximum absolute atomic E-state index is 12.3. The monoisotopic (exact) mass is 424 g/mol. The second-order valence-electron chi connectivity index (χ2n) is 7.67. The van der Waals surface area contributed by atoms with Gasteiger partial charge in [-0.05, 0) is 67.7 Å². The van der Waals surface area contributed by atoms with E-state index in [9.17, 15) is 8.78 Å². The predicted octanol–water partition coefficient (Wildman–Crippen LogP) is 5.52. The van der Waals surface area contributed by atoms with Crippen molar-refractivity contribution in [1.29, 1.82) is 0 Å². The molecule has 5 nitrogen and oxygen atoms in total. The van der Waals surface area contributed by atoms with Crippen LogP contribution in [-0.4, -0.2) is 41.1 Å². The third-order valence-corrected chi connectivity index (χ3v) is 5.44. The highest BCUT2D eigenvalue weighted by atomic mass is 19.3. The van der Waals surface area contributed by atoms with Crippen molar-refractivity contribution in [3.05, 3.63) is 66.5 Å². The van der Waals surface area contributed by atoms with Gasteiger partial charge in [0, 0.05) is 30.2 Å². The zero-order valence-corrected chi connectivity index (χ0v) is 17.3. The highest BCUT2D eigenvalue weighted by Crippen LogP contribution is 2.23. The largest absolute Gasteiger partial charge is 0.435 e. The van der Waals surface area contributed by atoms with Crippen LogP contribution in [0.25, 0.3) is 11.1 Å². The number of anilines is 2. The summed E-state index contributed by atoms with van der Waals surface area (Å²) >= 11 is 0. The van der Waals surface area contributed by atoms with E-state index in [1.807, 2.05) is 12.1 Å². The van der Waals surface area contributed by atoms with Crippen LogP contribution >= 0.6 is 0 Å². The normalized spacial score (nSPS) is 14.5. The fraction of sp³-hybridized carbons (Fsp3) is 0.333. The van der Waals surface area contributed by atoms with Crippen molar-refractivity contribution in [1.82, 2.24) is 14.9 Å². The average molecular weight is 424 g/mol. The minimum absolute atomic E-state index is 0.123. The van der Waals surface area contributed by atoms with Crippen molar-refractivity contribution >= 4 is 11.6 Å². The van der Waals surface area contributed by atoms with Gasteiger partial charge in [0.1, 0.15) is 5.75 Å². The number of rotatable bonds is 8. The summed E-state index contributed by atoms with van der Waals surface area (Å²) in [5.74, 6) is 0.625. The van der Waals surface area contributed by atoms with Crippen molar-refractivity contribution in [2.45, 2.75) is 32.3 Å². The Morgan fingerprint density at radius 3 is 2.19 bits per heavy atom. The number of piperidine rings is 1. The number of alkyl halides is 2. The van der Waals surface area contributed by atoms with Gasteiger partial charge in [0.2, 0.25) is 5.95 Å². The number of hydrogen-bond donors (Lipinski definition) is 1. The van der Waals surface area contributed by atoms with Crippen LogP contribution in [-0.2, 0) is 6.42 Å². The van der Waals surface area contributed by atoms with Crippen LogP contribution in [0.15, 0.2) is 60.9 Å². The Labute approximate surface area is 181 Å². The summed E-state index contributed by atoms with van der Waals surface area (Å²) < 4.78 is 28.9. The number of hydrogen-bond acceptors (Lipinski definition) is 5. The number of ether oxygens (including phenoxy) is 1. The summed E-state index contributed by atoms with van der Waals surface area (Å²) in [6, 6.07) is 14.8. The Balaban J connectivity index is 1.31. The minimum atomic E-state index is -2.83. The number of nitrogens with zero attached hydrogens (tertiary/aromatic N) is 3. The molecule has 0 radical (unpaired) electrons. The Kier molecular flexibility index (Phi) is 7.04. The van der Waals surface area contributed by atoms with Crippen molar-refractivity contribution in [2.75, 3.05) is 25.0 Å². The molecule has 0 amide bonds. The molecule has 3 aromatic rings. The molecule has 2 aromatic carbocycles. The lowest BCUT2D eigenvalue weighted by Gasteiger charge is -2.26. The van der Waals surface area contributed by atoms with E-state index in [0.717, 1.165) is 29.8 Å². The van der Waals surface area contributed by atoms with Gasteiger partial charge in [0.25, 0.3) is 0 Å². The molecule has 2 heterocycles. The van der Waals surface area contributed by atoms with Crippen molar-refractivity contribution < 1.29 is 13.5 Å². The second kappa shape index (κ2) is 10.3. The summed E-state index contributed by atoms with van der Waals surface area (Å²) in [4.78, 5) is 11.3. The van der Waals surface area contributed by atoms with E-state index < -0.39 is 6.61 Å². The molecule has 1 aliphatic heterocycles. The van der Waals surface area contributed by atoms with Gasteiger partial charge in [0.05, 0.1) is 0 Å². The third-order valence-electron chi connectivity index (χ3n) is 5.44. The second-order valence-corrected chi connectivity index (χ2v) is 7.67. The fourth-order valence-electron chi connectivity index (χ4n) is 3.72. The first-order chi connectivity index (χ1) is 15.2. The number of benzene rings is 2. The van der Waals surface area contributed by atoms with E-state index in [-0.39, 0.29) is 5.75 Å². The number of halogens is 2. The lowest BCUT2D eigenvalue weighted by atomic mass is 10.1. The number of nitrogens with one attached hydrogen (secondary N) is 1. The van der Waals surface area contributed by atoms with Crippen LogP contribution in [0.2, 0.25) is 0 Å². The summed E-state index contributed by atoms with van der Waals surface area (Å²) in [6.45, 7) is 0.733. The van der Waals surface area contributed by atoms with Gasteiger partial charge in [-0.3, -0.25) is 0 Å². The highest BCUT2D eigenvalue weighted by molar-refractivity contribution is 5.63.